The van der Waals surface area contributed by atoms with Gasteiger partial charge in [0.15, 0.2) is 0 Å². The average Bonchev–Trinajstić information content (AvgIpc) is 3.51. The lowest BCUT2D eigenvalue weighted by Gasteiger charge is -2.31. The lowest BCUT2D eigenvalue weighted by atomic mass is 9.95. The van der Waals surface area contributed by atoms with Gasteiger partial charge >= 0.3 is 12.0 Å². The fourth-order valence-electron chi connectivity index (χ4n) is 5.52. The number of benzene rings is 2. The topological polar surface area (TPSA) is 63.6 Å². The van der Waals surface area contributed by atoms with Crippen molar-refractivity contribution in [3.63, 3.8) is 0 Å². The molecule has 37 heavy (non-hydrogen) atoms. The van der Waals surface area contributed by atoms with E-state index in [-0.39, 0.29) is 12.1 Å². The van der Waals surface area contributed by atoms with Crippen molar-refractivity contribution in [2.24, 2.45) is 0 Å². The van der Waals surface area contributed by atoms with Crippen molar-refractivity contribution < 1.29 is 14.3 Å². The van der Waals surface area contributed by atoms with E-state index in [0.717, 1.165) is 24.1 Å². The molecule has 0 saturated carbocycles. The third-order valence-corrected chi connectivity index (χ3v) is 8.70. The molecule has 2 aromatic heterocycles. The molecule has 0 saturated heterocycles. The van der Waals surface area contributed by atoms with Crippen LogP contribution in [0.5, 0.6) is 0 Å². The zero-order valence-corrected chi connectivity index (χ0v) is 21.8. The number of thiophene rings is 1. The van der Waals surface area contributed by atoms with Gasteiger partial charge in [0.1, 0.15) is 5.00 Å². The maximum atomic E-state index is 14.0. The van der Waals surface area contributed by atoms with Crippen LogP contribution in [0.1, 0.15) is 62.1 Å². The first-order chi connectivity index (χ1) is 18.0. The number of aromatic nitrogens is 1. The Balaban J connectivity index is 1.45. The minimum atomic E-state index is -0.434. The second-order valence-electron chi connectivity index (χ2n) is 9.74. The van der Waals surface area contributed by atoms with Gasteiger partial charge in [0.05, 0.1) is 31.0 Å². The molecule has 1 atom stereocenters. The number of urea groups is 1. The van der Waals surface area contributed by atoms with Crippen molar-refractivity contribution in [2.45, 2.75) is 45.2 Å². The number of methoxy groups -OCH3 is 1. The minimum absolute atomic E-state index is 0.205. The molecule has 2 aromatic carbocycles. The molecule has 1 aliphatic heterocycles. The number of aryl methyl sites for hydroxylation is 2. The molecule has 188 valence electrons. The van der Waals surface area contributed by atoms with Crippen LogP contribution in [0.2, 0.25) is 0 Å². The number of amides is 2. The molecule has 0 unspecified atom stereocenters. The molecule has 0 fully saturated rings. The first-order valence-corrected chi connectivity index (χ1v) is 13.5. The molecular weight excluding hydrogens is 482 g/mol. The number of carbonyl (C=O) groups is 2. The maximum Gasteiger partial charge on any atom is 0.337 e. The lowest BCUT2D eigenvalue weighted by Crippen LogP contribution is -2.38. The third-order valence-electron chi connectivity index (χ3n) is 7.37. The Labute approximate surface area is 220 Å². The summed E-state index contributed by atoms with van der Waals surface area (Å²) < 4.78 is 7.15. The molecule has 7 heteroatoms. The van der Waals surface area contributed by atoms with Crippen molar-refractivity contribution in [1.82, 2.24) is 9.47 Å². The third kappa shape index (κ3) is 4.23. The van der Waals surface area contributed by atoms with Gasteiger partial charge in [-0.15, -0.1) is 11.3 Å². The van der Waals surface area contributed by atoms with Crippen LogP contribution in [0.15, 0.2) is 66.9 Å². The fraction of sp³-hybridized carbons (Fsp3) is 0.267. The number of hydrogen-bond acceptors (Lipinski definition) is 4. The van der Waals surface area contributed by atoms with E-state index >= 15 is 0 Å². The molecule has 2 aliphatic rings. The van der Waals surface area contributed by atoms with E-state index in [9.17, 15) is 9.59 Å². The summed E-state index contributed by atoms with van der Waals surface area (Å²) in [5, 5.41) is 4.30. The minimum Gasteiger partial charge on any atom is -0.465 e. The Morgan fingerprint density at radius 2 is 1.81 bits per heavy atom. The summed E-state index contributed by atoms with van der Waals surface area (Å²) in [5.41, 5.74) is 6.94. The second kappa shape index (κ2) is 9.56. The Hall–Kier alpha value is -3.84. The highest BCUT2D eigenvalue weighted by Crippen LogP contribution is 2.44. The van der Waals surface area contributed by atoms with Crippen molar-refractivity contribution in [3.05, 3.63) is 105 Å². The number of ether oxygens (including phenoxy) is 1. The van der Waals surface area contributed by atoms with Crippen LogP contribution in [0.25, 0.3) is 5.00 Å². The van der Waals surface area contributed by atoms with Gasteiger partial charge in [-0.2, -0.15) is 0 Å². The smallest absolute Gasteiger partial charge is 0.337 e. The zero-order valence-electron chi connectivity index (χ0n) is 21.0. The number of rotatable bonds is 3. The van der Waals surface area contributed by atoms with E-state index in [1.165, 1.54) is 46.5 Å². The van der Waals surface area contributed by atoms with Crippen LogP contribution in [0.4, 0.5) is 10.5 Å². The summed E-state index contributed by atoms with van der Waals surface area (Å²) >= 11 is 1.88. The highest BCUT2D eigenvalue weighted by Gasteiger charge is 2.36. The number of carbonyl (C=O) groups excluding carboxylic acids is 2. The predicted octanol–water partition coefficient (Wildman–Crippen LogP) is 6.65. The highest BCUT2D eigenvalue weighted by atomic mass is 32.1. The normalized spacial score (nSPS) is 16.3. The molecule has 2 amide bonds. The molecule has 4 aromatic rings. The van der Waals surface area contributed by atoms with Crippen molar-refractivity contribution in [3.8, 4) is 5.00 Å². The number of nitrogens with one attached hydrogen (secondary N) is 1. The van der Waals surface area contributed by atoms with Gasteiger partial charge in [-0.1, -0.05) is 35.9 Å². The van der Waals surface area contributed by atoms with Crippen LogP contribution in [-0.4, -0.2) is 28.6 Å². The summed E-state index contributed by atoms with van der Waals surface area (Å²) in [4.78, 5) is 29.5. The van der Waals surface area contributed by atoms with E-state index in [0.29, 0.717) is 17.8 Å². The second-order valence-corrected chi connectivity index (χ2v) is 10.8. The van der Waals surface area contributed by atoms with Crippen LogP contribution in [0.3, 0.4) is 0 Å². The largest absolute Gasteiger partial charge is 0.465 e. The van der Waals surface area contributed by atoms with Gasteiger partial charge in [0, 0.05) is 22.3 Å². The van der Waals surface area contributed by atoms with Gasteiger partial charge in [-0.3, -0.25) is 0 Å². The average molecular weight is 512 g/mol. The van der Waals surface area contributed by atoms with Crippen molar-refractivity contribution in [1.29, 1.82) is 0 Å². The Morgan fingerprint density at radius 3 is 2.62 bits per heavy atom. The summed E-state index contributed by atoms with van der Waals surface area (Å²) in [6.07, 6.45) is 6.69. The Bertz CT molecular complexity index is 1480. The van der Waals surface area contributed by atoms with Crippen molar-refractivity contribution >= 4 is 29.0 Å². The van der Waals surface area contributed by atoms with E-state index in [2.05, 4.69) is 59.4 Å². The van der Waals surface area contributed by atoms with Gasteiger partial charge in [0.2, 0.25) is 0 Å². The number of hydrogen-bond donors (Lipinski definition) is 1. The summed E-state index contributed by atoms with van der Waals surface area (Å²) in [5.74, 6) is -0.434. The first kappa shape index (κ1) is 23.6. The molecular formula is C30H29N3O3S. The maximum absolute atomic E-state index is 14.0. The van der Waals surface area contributed by atoms with Crippen LogP contribution in [-0.2, 0) is 24.1 Å². The van der Waals surface area contributed by atoms with Crippen molar-refractivity contribution in [2.75, 3.05) is 12.4 Å². The standard InChI is InChI=1S/C30H29N3O3S/c1-19-12-14-20(15-13-19)27-25-10-6-16-32(25)28-24(23-9-3-4-11-26(23)37-28)18-33(27)30(35)31-22-8-5-7-21(17-22)29(34)36-2/h5-8,10,12-17,27H,3-4,9,11,18H2,1-2H3,(H,31,35)/t27-/m1/s1. The number of nitrogens with zero attached hydrogens (tertiary/aromatic N) is 2. The monoisotopic (exact) mass is 511 g/mol. The van der Waals surface area contributed by atoms with E-state index in [1.807, 2.05) is 16.2 Å². The summed E-state index contributed by atoms with van der Waals surface area (Å²) in [6, 6.07) is 19.0. The van der Waals surface area contributed by atoms with Gasteiger partial charge in [-0.25, -0.2) is 9.59 Å². The molecule has 1 N–H and O–H groups in total. The zero-order chi connectivity index (χ0) is 25.5. The fourth-order valence-corrected chi connectivity index (χ4v) is 6.93. The highest BCUT2D eigenvalue weighted by molar-refractivity contribution is 7.15. The molecule has 6 rings (SSSR count). The quantitative estimate of drug-likeness (QED) is 0.313. The molecule has 0 spiro atoms. The number of fused-ring (bicyclic) bond motifs is 5. The summed E-state index contributed by atoms with van der Waals surface area (Å²) in [7, 11) is 1.35. The van der Waals surface area contributed by atoms with Gasteiger partial charge in [0.25, 0.3) is 0 Å². The molecule has 6 nitrogen and oxygen atoms in total. The number of anilines is 1. The van der Waals surface area contributed by atoms with E-state index < -0.39 is 5.97 Å². The number of esters is 1. The molecule has 3 heterocycles. The van der Waals surface area contributed by atoms with Gasteiger partial charge < -0.3 is 19.5 Å². The van der Waals surface area contributed by atoms with E-state index in [1.54, 1.807) is 24.3 Å². The van der Waals surface area contributed by atoms with E-state index in [4.69, 9.17) is 4.74 Å². The van der Waals surface area contributed by atoms with Crippen LogP contribution >= 0.6 is 11.3 Å². The molecule has 1 aliphatic carbocycles. The predicted molar refractivity (Wildman–Crippen MR) is 146 cm³/mol. The summed E-state index contributed by atoms with van der Waals surface area (Å²) in [6.45, 7) is 2.59. The lowest BCUT2D eigenvalue weighted by molar-refractivity contribution is 0.0600. The van der Waals surface area contributed by atoms with Crippen LogP contribution < -0.4 is 5.32 Å². The van der Waals surface area contributed by atoms with Gasteiger partial charge in [-0.05, 0) is 74.1 Å². The molecule has 0 bridgehead atoms. The molecule has 0 radical (unpaired) electrons. The first-order valence-electron chi connectivity index (χ1n) is 12.7. The van der Waals surface area contributed by atoms with Crippen LogP contribution in [0, 0.1) is 6.92 Å². The SMILES string of the molecule is COC(=O)c1cccc(NC(=O)N2Cc3c(sc4c3CCCC4)-n3cccc3[C@H]2c2ccc(C)cc2)c1. The Morgan fingerprint density at radius 1 is 1.00 bits per heavy atom. The Kier molecular flexibility index (Phi) is 6.08.